The average Bonchev–Trinajstić information content (AvgIpc) is 2.98. The summed E-state index contributed by atoms with van der Waals surface area (Å²) in [7, 11) is 3.48. The zero-order valence-corrected chi connectivity index (χ0v) is 19.0. The van der Waals surface area contributed by atoms with Gasteiger partial charge in [-0.05, 0) is 52.9 Å². The fourth-order valence-corrected chi connectivity index (χ4v) is 6.72. The molecule has 0 amide bonds. The highest BCUT2D eigenvalue weighted by Gasteiger charge is 2.47. The summed E-state index contributed by atoms with van der Waals surface area (Å²) in [6.07, 6.45) is 5.03. The molecule has 2 fully saturated rings. The number of nitrogens with zero attached hydrogens (tertiary/aromatic N) is 2. The topological polar surface area (TPSA) is 73.9 Å². The minimum atomic E-state index is -0.851. The summed E-state index contributed by atoms with van der Waals surface area (Å²) < 4.78 is 11.4. The number of benzene rings is 1. The van der Waals surface area contributed by atoms with E-state index in [4.69, 9.17) is 4.52 Å². The smallest absolute Gasteiger partial charge is 0.253 e. The Balaban J connectivity index is 1.41. The lowest BCUT2D eigenvalue weighted by atomic mass is 9.91. The Hall–Kier alpha value is -1.79. The molecule has 2 N–H and O–H groups in total. The second-order valence-electron chi connectivity index (χ2n) is 8.92. The first-order chi connectivity index (χ1) is 14.3. The molecule has 8 heteroatoms. The summed E-state index contributed by atoms with van der Waals surface area (Å²) in [6, 6.07) is 10.5. The molecule has 1 saturated heterocycles. The van der Waals surface area contributed by atoms with Crippen molar-refractivity contribution in [1.82, 2.24) is 9.34 Å². The normalized spacial score (nSPS) is 23.6. The van der Waals surface area contributed by atoms with Crippen LogP contribution in [0.5, 0.6) is 0 Å². The Kier molecular flexibility index (Phi) is 5.99. The molecule has 7 nitrogen and oxygen atoms in total. The van der Waals surface area contributed by atoms with Crippen molar-refractivity contribution in [3.05, 3.63) is 50.8 Å². The lowest BCUT2D eigenvalue weighted by Crippen LogP contribution is -2.41. The molecule has 2 atom stereocenters. The van der Waals surface area contributed by atoms with Gasteiger partial charge in [-0.15, -0.1) is 0 Å². The van der Waals surface area contributed by atoms with Crippen LogP contribution in [0.25, 0.3) is 0 Å². The van der Waals surface area contributed by atoms with Gasteiger partial charge in [-0.3, -0.25) is 9.59 Å². The van der Waals surface area contributed by atoms with E-state index in [9.17, 15) is 9.59 Å². The molecule has 1 saturated carbocycles. The summed E-state index contributed by atoms with van der Waals surface area (Å²) in [6.45, 7) is 4.50. The molecule has 2 aliphatic rings. The quantitative estimate of drug-likeness (QED) is 0.513. The predicted molar refractivity (Wildman–Crippen MR) is 123 cm³/mol. The van der Waals surface area contributed by atoms with Crippen molar-refractivity contribution in [3.8, 4) is 0 Å². The zero-order chi connectivity index (χ0) is 21.5. The van der Waals surface area contributed by atoms with Gasteiger partial charge in [0.05, 0.1) is 5.60 Å². The van der Waals surface area contributed by atoms with Gasteiger partial charge in [0, 0.05) is 24.3 Å². The number of likely N-dealkylation sites (N-methyl/N-ethyl adjacent to an activating group) is 2. The summed E-state index contributed by atoms with van der Waals surface area (Å²) >= 11 is 0. The van der Waals surface area contributed by atoms with Gasteiger partial charge in [0.1, 0.15) is 11.4 Å². The molecule has 1 aliphatic heterocycles. The third kappa shape index (κ3) is 4.04. The highest BCUT2D eigenvalue weighted by atomic mass is 31.2. The van der Waals surface area contributed by atoms with Crippen LogP contribution in [0.15, 0.2) is 39.9 Å². The van der Waals surface area contributed by atoms with E-state index in [2.05, 4.69) is 34.1 Å². The number of anilines is 3. The molecule has 0 unspecified atom stereocenters. The maximum Gasteiger partial charge on any atom is 0.253 e. The molecule has 0 aromatic heterocycles. The number of fused-ring (bicyclic) bond motifs is 1. The van der Waals surface area contributed by atoms with Crippen molar-refractivity contribution in [3.63, 3.8) is 0 Å². The summed E-state index contributed by atoms with van der Waals surface area (Å²) in [5.41, 5.74) is -0.00175. The van der Waals surface area contributed by atoms with E-state index in [1.807, 2.05) is 44.2 Å². The van der Waals surface area contributed by atoms with Crippen molar-refractivity contribution in [2.75, 3.05) is 31.3 Å². The number of hydrogen-bond acceptors (Lipinski definition) is 7. The van der Waals surface area contributed by atoms with Gasteiger partial charge < -0.3 is 15.2 Å². The van der Waals surface area contributed by atoms with Gasteiger partial charge in [-0.1, -0.05) is 31.0 Å². The molecule has 162 valence electrons. The van der Waals surface area contributed by atoms with Crippen LogP contribution in [0.4, 0.5) is 17.1 Å². The fourth-order valence-electron chi connectivity index (χ4n) is 4.47. The van der Waals surface area contributed by atoms with Gasteiger partial charge >= 0.3 is 0 Å². The minimum absolute atomic E-state index is 0.328. The highest BCUT2D eigenvalue weighted by molar-refractivity contribution is 7.47. The van der Waals surface area contributed by atoms with Crippen LogP contribution < -0.4 is 21.5 Å². The van der Waals surface area contributed by atoms with E-state index >= 15 is 0 Å². The van der Waals surface area contributed by atoms with Gasteiger partial charge in [-0.25, -0.2) is 9.34 Å². The Bertz CT molecular complexity index is 939. The van der Waals surface area contributed by atoms with E-state index in [-0.39, 0.29) is 0 Å². The Morgan fingerprint density at radius 1 is 1.00 bits per heavy atom. The van der Waals surface area contributed by atoms with Crippen LogP contribution in [0, 0.1) is 0 Å². The van der Waals surface area contributed by atoms with E-state index < -0.39 is 24.9 Å². The van der Waals surface area contributed by atoms with Gasteiger partial charge in [0.15, 0.2) is 8.45 Å². The van der Waals surface area contributed by atoms with E-state index in [0.717, 1.165) is 5.69 Å². The lowest BCUT2D eigenvalue weighted by molar-refractivity contribution is 0.124. The second kappa shape index (κ2) is 8.39. The van der Waals surface area contributed by atoms with Crippen LogP contribution >= 0.6 is 8.45 Å². The molecular weight excluding hydrogens is 399 g/mol. The van der Waals surface area contributed by atoms with Crippen LogP contribution in [0.1, 0.15) is 39.5 Å². The standard InChI is InChI=1S/C22H31N4O3P/c1-22(2,29-30-25(3)16-12-8-9-13-17(16)26(30)4)14-23-18-19(21(28)20(18)27)24-15-10-6-5-7-11-15/h5-7,10-11,16-17,23-24H,8-9,12-14H2,1-4H3/t16-,17-/m1/s1. The van der Waals surface area contributed by atoms with Gasteiger partial charge in [-0.2, -0.15) is 0 Å². The summed E-state index contributed by atoms with van der Waals surface area (Å²) in [5.74, 6) is 0. The molecule has 2 aromatic rings. The van der Waals surface area contributed by atoms with E-state index in [1.54, 1.807) is 0 Å². The van der Waals surface area contributed by atoms with Crippen molar-refractivity contribution in [2.45, 2.75) is 57.2 Å². The Morgan fingerprint density at radius 2 is 1.57 bits per heavy atom. The molecule has 0 bridgehead atoms. The van der Waals surface area contributed by atoms with Crippen molar-refractivity contribution >= 4 is 25.5 Å². The van der Waals surface area contributed by atoms with Crippen molar-refractivity contribution in [1.29, 1.82) is 0 Å². The number of para-hydroxylation sites is 1. The summed E-state index contributed by atoms with van der Waals surface area (Å²) in [4.78, 5) is 24.2. The monoisotopic (exact) mass is 430 g/mol. The van der Waals surface area contributed by atoms with E-state index in [1.165, 1.54) is 25.7 Å². The molecule has 0 spiro atoms. The highest BCUT2D eigenvalue weighted by Crippen LogP contribution is 2.57. The van der Waals surface area contributed by atoms with Crippen LogP contribution in [-0.4, -0.2) is 47.7 Å². The molecular formula is C22H31N4O3P. The molecule has 2 aromatic carbocycles. The third-order valence-corrected chi connectivity index (χ3v) is 8.50. The second-order valence-corrected chi connectivity index (χ2v) is 10.9. The van der Waals surface area contributed by atoms with Crippen LogP contribution in [0.3, 0.4) is 0 Å². The molecule has 1 aliphatic carbocycles. The van der Waals surface area contributed by atoms with Gasteiger partial charge in [0.2, 0.25) is 0 Å². The minimum Gasteiger partial charge on any atom is -0.377 e. The van der Waals surface area contributed by atoms with Crippen molar-refractivity contribution < 1.29 is 4.52 Å². The number of hydrogen-bond donors (Lipinski definition) is 2. The number of nitrogens with one attached hydrogen (secondary N) is 2. The first-order valence-corrected chi connectivity index (χ1v) is 11.8. The van der Waals surface area contributed by atoms with E-state index in [0.29, 0.717) is 30.0 Å². The predicted octanol–water partition coefficient (Wildman–Crippen LogP) is 3.65. The van der Waals surface area contributed by atoms with Gasteiger partial charge in [0.25, 0.3) is 10.9 Å². The first-order valence-electron chi connectivity index (χ1n) is 10.6. The fraction of sp³-hybridized carbons (Fsp3) is 0.545. The Labute approximate surface area is 179 Å². The van der Waals surface area contributed by atoms with Crippen molar-refractivity contribution in [2.24, 2.45) is 0 Å². The lowest BCUT2D eigenvalue weighted by Gasteiger charge is -2.34. The van der Waals surface area contributed by atoms with Crippen LogP contribution in [-0.2, 0) is 4.52 Å². The average molecular weight is 430 g/mol. The largest absolute Gasteiger partial charge is 0.377 e. The number of rotatable bonds is 7. The SMILES string of the molecule is CN1[C@@H]2CCCC[C@H]2N(C)P1OC(C)(C)CNc1c(Nc2ccccc2)c(=O)c1=O. The molecule has 30 heavy (non-hydrogen) atoms. The molecule has 1 heterocycles. The maximum atomic E-state index is 12.1. The summed E-state index contributed by atoms with van der Waals surface area (Å²) in [5, 5.41) is 6.23. The van der Waals surface area contributed by atoms with Crippen LogP contribution in [0.2, 0.25) is 0 Å². The first kappa shape index (κ1) is 21.4. The third-order valence-electron chi connectivity index (χ3n) is 6.17. The molecule has 0 radical (unpaired) electrons. The zero-order valence-electron chi connectivity index (χ0n) is 18.1. The Morgan fingerprint density at radius 3 is 2.17 bits per heavy atom. The maximum absolute atomic E-state index is 12.1. The molecule has 4 rings (SSSR count).